The SMILES string of the molecule is Cc1ccc(S(=O)(=O)Nc2ccc(F)cc2)cc1C(=O)N1CSC[C@H]1C(=O)NC(C)(C)C. The first-order chi connectivity index (χ1) is 14.9. The number of nitrogens with zero attached hydrogens (tertiary/aromatic N) is 1. The van der Waals surface area contributed by atoms with Gasteiger partial charge in [-0.2, -0.15) is 0 Å². The lowest BCUT2D eigenvalue weighted by Crippen LogP contribution is -2.52. The molecular weight excluding hydrogens is 453 g/mol. The number of benzene rings is 2. The first-order valence-electron chi connectivity index (χ1n) is 9.97. The van der Waals surface area contributed by atoms with Crippen molar-refractivity contribution in [3.05, 3.63) is 59.4 Å². The van der Waals surface area contributed by atoms with Crippen molar-refractivity contribution < 1.29 is 22.4 Å². The standard InChI is InChI=1S/C22H26FN3O4S2/c1-14-5-10-17(32(29,30)25-16-8-6-15(23)7-9-16)11-18(14)21(28)26-13-31-12-19(26)20(27)24-22(2,3)4/h5-11,19,25H,12-13H2,1-4H3,(H,24,27)/t19-/m0/s1. The number of hydrogen-bond donors (Lipinski definition) is 2. The summed E-state index contributed by atoms with van der Waals surface area (Å²) in [6, 6.07) is 8.56. The molecule has 0 spiro atoms. The normalized spacial score (nSPS) is 16.7. The monoisotopic (exact) mass is 479 g/mol. The first kappa shape index (κ1) is 24.1. The maximum atomic E-state index is 13.3. The van der Waals surface area contributed by atoms with Crippen LogP contribution >= 0.6 is 11.8 Å². The van der Waals surface area contributed by atoms with Gasteiger partial charge in [-0.05, 0) is 69.7 Å². The van der Waals surface area contributed by atoms with E-state index in [1.54, 1.807) is 13.0 Å². The number of aryl methyl sites for hydroxylation is 1. The van der Waals surface area contributed by atoms with Crippen molar-refractivity contribution in [2.45, 2.75) is 44.2 Å². The molecule has 0 saturated carbocycles. The molecule has 172 valence electrons. The highest BCUT2D eigenvalue weighted by atomic mass is 32.2. The average molecular weight is 480 g/mol. The Kier molecular flexibility index (Phi) is 6.85. The average Bonchev–Trinajstić information content (AvgIpc) is 3.18. The minimum absolute atomic E-state index is 0.0988. The van der Waals surface area contributed by atoms with E-state index in [-0.39, 0.29) is 22.1 Å². The highest BCUT2D eigenvalue weighted by molar-refractivity contribution is 7.99. The first-order valence-corrected chi connectivity index (χ1v) is 12.6. The summed E-state index contributed by atoms with van der Waals surface area (Å²) in [5, 5.41) is 2.90. The second-order valence-corrected chi connectivity index (χ2v) is 11.3. The highest BCUT2D eigenvalue weighted by Crippen LogP contribution is 2.27. The van der Waals surface area contributed by atoms with Gasteiger partial charge >= 0.3 is 0 Å². The van der Waals surface area contributed by atoms with Gasteiger partial charge in [-0.25, -0.2) is 12.8 Å². The van der Waals surface area contributed by atoms with E-state index in [9.17, 15) is 22.4 Å². The summed E-state index contributed by atoms with van der Waals surface area (Å²) >= 11 is 1.47. The van der Waals surface area contributed by atoms with Crippen LogP contribution < -0.4 is 10.0 Å². The number of rotatable bonds is 5. The predicted octanol–water partition coefficient (Wildman–Crippen LogP) is 3.36. The molecule has 2 N–H and O–H groups in total. The fourth-order valence-electron chi connectivity index (χ4n) is 3.20. The van der Waals surface area contributed by atoms with E-state index in [1.807, 2.05) is 20.8 Å². The molecule has 10 heteroatoms. The van der Waals surface area contributed by atoms with E-state index in [0.717, 1.165) is 12.1 Å². The molecule has 32 heavy (non-hydrogen) atoms. The number of anilines is 1. The molecule has 3 rings (SSSR count). The smallest absolute Gasteiger partial charge is 0.261 e. The maximum Gasteiger partial charge on any atom is 0.261 e. The molecule has 1 saturated heterocycles. The largest absolute Gasteiger partial charge is 0.350 e. The molecule has 2 aromatic rings. The van der Waals surface area contributed by atoms with Gasteiger partial charge < -0.3 is 10.2 Å². The Balaban J connectivity index is 1.86. The summed E-state index contributed by atoms with van der Waals surface area (Å²) in [6.07, 6.45) is 0. The Hall–Kier alpha value is -2.59. The third kappa shape index (κ3) is 5.60. The van der Waals surface area contributed by atoms with E-state index < -0.39 is 33.3 Å². The minimum atomic E-state index is -4.00. The number of thioether (sulfide) groups is 1. The van der Waals surface area contributed by atoms with Gasteiger partial charge in [-0.3, -0.25) is 14.3 Å². The van der Waals surface area contributed by atoms with Crippen molar-refractivity contribution in [2.75, 3.05) is 16.4 Å². The van der Waals surface area contributed by atoms with Crippen molar-refractivity contribution in [3.63, 3.8) is 0 Å². The molecule has 1 atom stereocenters. The zero-order valence-electron chi connectivity index (χ0n) is 18.3. The van der Waals surface area contributed by atoms with Gasteiger partial charge in [0.05, 0.1) is 10.8 Å². The number of carbonyl (C=O) groups is 2. The second kappa shape index (κ2) is 9.11. The molecule has 1 aliphatic rings. The van der Waals surface area contributed by atoms with Crippen LogP contribution in [-0.2, 0) is 14.8 Å². The predicted molar refractivity (Wildman–Crippen MR) is 124 cm³/mol. The Morgan fingerprint density at radius 2 is 1.78 bits per heavy atom. The van der Waals surface area contributed by atoms with Gasteiger partial charge in [0, 0.05) is 22.5 Å². The zero-order valence-corrected chi connectivity index (χ0v) is 19.9. The molecular formula is C22H26FN3O4S2. The van der Waals surface area contributed by atoms with Crippen molar-refractivity contribution in [1.29, 1.82) is 0 Å². The Morgan fingerprint density at radius 1 is 1.12 bits per heavy atom. The summed E-state index contributed by atoms with van der Waals surface area (Å²) in [7, 11) is -4.00. The second-order valence-electron chi connectivity index (χ2n) is 8.62. The topological polar surface area (TPSA) is 95.6 Å². The summed E-state index contributed by atoms with van der Waals surface area (Å²) in [5.41, 5.74) is 0.579. The van der Waals surface area contributed by atoms with Gasteiger partial charge in [0.2, 0.25) is 5.91 Å². The van der Waals surface area contributed by atoms with Crippen LogP contribution in [0.25, 0.3) is 0 Å². The van der Waals surface area contributed by atoms with Crippen LogP contribution in [0.2, 0.25) is 0 Å². The molecule has 2 amide bonds. The van der Waals surface area contributed by atoms with E-state index >= 15 is 0 Å². The molecule has 0 unspecified atom stereocenters. The van der Waals surface area contributed by atoms with E-state index in [2.05, 4.69) is 10.0 Å². The molecule has 1 aliphatic heterocycles. The van der Waals surface area contributed by atoms with E-state index in [1.165, 1.54) is 40.9 Å². The molecule has 0 aliphatic carbocycles. The molecule has 1 fully saturated rings. The third-order valence-electron chi connectivity index (χ3n) is 4.79. The minimum Gasteiger partial charge on any atom is -0.350 e. The van der Waals surface area contributed by atoms with Crippen LogP contribution in [0.1, 0.15) is 36.7 Å². The van der Waals surface area contributed by atoms with E-state index in [0.29, 0.717) is 17.2 Å². The van der Waals surface area contributed by atoms with Crippen LogP contribution in [0.4, 0.5) is 10.1 Å². The van der Waals surface area contributed by atoms with Crippen molar-refractivity contribution in [1.82, 2.24) is 10.2 Å². The van der Waals surface area contributed by atoms with Gasteiger partial charge in [0.1, 0.15) is 11.9 Å². The van der Waals surface area contributed by atoms with Crippen LogP contribution in [0.15, 0.2) is 47.4 Å². The summed E-state index contributed by atoms with van der Waals surface area (Å²) in [5.74, 6) is -0.317. The Labute approximate surface area is 191 Å². The molecule has 1 heterocycles. The molecule has 0 aromatic heterocycles. The number of halogens is 1. The number of nitrogens with one attached hydrogen (secondary N) is 2. The summed E-state index contributed by atoms with van der Waals surface area (Å²) in [6.45, 7) is 7.31. The van der Waals surface area contributed by atoms with Crippen molar-refractivity contribution in [3.8, 4) is 0 Å². The van der Waals surface area contributed by atoms with Gasteiger partial charge in [-0.1, -0.05) is 6.07 Å². The fraction of sp³-hybridized carbons (Fsp3) is 0.364. The number of carbonyl (C=O) groups excluding carboxylic acids is 2. The third-order valence-corrected chi connectivity index (χ3v) is 7.18. The molecule has 7 nitrogen and oxygen atoms in total. The fourth-order valence-corrected chi connectivity index (χ4v) is 5.44. The van der Waals surface area contributed by atoms with Crippen molar-refractivity contribution in [2.24, 2.45) is 0 Å². The lowest BCUT2D eigenvalue weighted by molar-refractivity contribution is -0.125. The summed E-state index contributed by atoms with van der Waals surface area (Å²) in [4.78, 5) is 27.4. The summed E-state index contributed by atoms with van der Waals surface area (Å²) < 4.78 is 41.1. The lowest BCUT2D eigenvalue weighted by atomic mass is 10.1. The van der Waals surface area contributed by atoms with Gasteiger partial charge in [0.25, 0.3) is 15.9 Å². The Morgan fingerprint density at radius 3 is 2.41 bits per heavy atom. The van der Waals surface area contributed by atoms with Crippen LogP contribution in [0.5, 0.6) is 0 Å². The van der Waals surface area contributed by atoms with Gasteiger partial charge in [0.15, 0.2) is 0 Å². The van der Waals surface area contributed by atoms with Crippen LogP contribution in [-0.4, -0.2) is 48.3 Å². The van der Waals surface area contributed by atoms with Gasteiger partial charge in [-0.15, -0.1) is 11.8 Å². The van der Waals surface area contributed by atoms with Crippen LogP contribution in [0.3, 0.4) is 0 Å². The quantitative estimate of drug-likeness (QED) is 0.686. The number of hydrogen-bond acceptors (Lipinski definition) is 5. The molecule has 0 radical (unpaired) electrons. The Bertz CT molecular complexity index is 1130. The molecule has 0 bridgehead atoms. The van der Waals surface area contributed by atoms with Crippen molar-refractivity contribution >= 4 is 39.3 Å². The number of amides is 2. The molecule has 2 aromatic carbocycles. The maximum absolute atomic E-state index is 13.3. The number of sulfonamides is 1. The van der Waals surface area contributed by atoms with E-state index in [4.69, 9.17) is 0 Å². The zero-order chi connectivity index (χ0) is 23.7. The highest BCUT2D eigenvalue weighted by Gasteiger charge is 2.37. The lowest BCUT2D eigenvalue weighted by Gasteiger charge is -2.28. The van der Waals surface area contributed by atoms with Crippen LogP contribution in [0, 0.1) is 12.7 Å².